The first kappa shape index (κ1) is 15.0. The van der Waals surface area contributed by atoms with E-state index in [4.69, 9.17) is 0 Å². The van der Waals surface area contributed by atoms with Crippen molar-refractivity contribution < 1.29 is 4.79 Å². The van der Waals surface area contributed by atoms with Gasteiger partial charge in [0.1, 0.15) is 5.69 Å². The molecule has 0 unspecified atom stereocenters. The van der Waals surface area contributed by atoms with Crippen LogP contribution in [0.4, 0.5) is 0 Å². The first-order valence-corrected chi connectivity index (χ1v) is 7.99. The van der Waals surface area contributed by atoms with Crippen LogP contribution in [0.3, 0.4) is 0 Å². The Kier molecular flexibility index (Phi) is 3.30. The lowest BCUT2D eigenvalue weighted by Gasteiger charge is -2.18. The van der Waals surface area contributed by atoms with Gasteiger partial charge in [0, 0.05) is 24.0 Å². The number of amides is 1. The summed E-state index contributed by atoms with van der Waals surface area (Å²) in [4.78, 5) is 12.3. The Hall–Kier alpha value is -3.57. The molecule has 0 bridgehead atoms. The van der Waals surface area contributed by atoms with E-state index in [1.54, 1.807) is 6.07 Å². The minimum atomic E-state index is -0.0878. The van der Waals surface area contributed by atoms with Crippen molar-refractivity contribution in [3.63, 3.8) is 0 Å². The Bertz CT molecular complexity index is 1130. The fourth-order valence-corrected chi connectivity index (χ4v) is 3.58. The van der Waals surface area contributed by atoms with Crippen LogP contribution in [0.25, 0.3) is 22.0 Å². The molecule has 25 heavy (non-hydrogen) atoms. The topological polar surface area (TPSA) is 81.6 Å². The van der Waals surface area contributed by atoms with Crippen molar-refractivity contribution in [2.24, 2.45) is 0 Å². The molecule has 1 N–H and O–H groups in total. The molecule has 3 aromatic rings. The Morgan fingerprint density at radius 2 is 1.92 bits per heavy atom. The van der Waals surface area contributed by atoms with Gasteiger partial charge in [-0.15, -0.1) is 0 Å². The summed E-state index contributed by atoms with van der Waals surface area (Å²) in [6.45, 7) is 3.17. The Balaban J connectivity index is 2.14. The SMILES string of the molecule is Cc1c2n(c3c(-c4cccc(C#N)c4)cc(C#N)cc13)CCNC2=O. The molecule has 0 radical (unpaired) electrons. The maximum Gasteiger partial charge on any atom is 0.268 e. The smallest absolute Gasteiger partial charge is 0.268 e. The molecule has 0 aliphatic carbocycles. The standard InChI is InChI=1S/C20H14N4O/c1-12-16-8-14(11-22)9-17(15-4-2-3-13(7-15)10-21)19(16)24-6-5-23-20(25)18(12)24/h2-4,7-9H,5-6H2,1H3,(H,23,25). The van der Waals surface area contributed by atoms with Crippen molar-refractivity contribution in [3.8, 4) is 23.3 Å². The third-order valence-corrected chi connectivity index (χ3v) is 4.68. The highest BCUT2D eigenvalue weighted by Gasteiger charge is 2.25. The van der Waals surface area contributed by atoms with Crippen molar-refractivity contribution in [2.45, 2.75) is 13.5 Å². The number of rotatable bonds is 1. The van der Waals surface area contributed by atoms with Crippen LogP contribution >= 0.6 is 0 Å². The van der Waals surface area contributed by atoms with E-state index in [1.165, 1.54) is 0 Å². The van der Waals surface area contributed by atoms with Gasteiger partial charge in [0.05, 0.1) is 28.8 Å². The second-order valence-corrected chi connectivity index (χ2v) is 6.11. The van der Waals surface area contributed by atoms with Gasteiger partial charge in [-0.3, -0.25) is 4.79 Å². The number of hydrogen-bond donors (Lipinski definition) is 1. The maximum atomic E-state index is 12.3. The second kappa shape index (κ2) is 5.51. The van der Waals surface area contributed by atoms with E-state index in [1.807, 2.05) is 41.8 Å². The van der Waals surface area contributed by atoms with Crippen LogP contribution in [0, 0.1) is 29.6 Å². The van der Waals surface area contributed by atoms with Crippen molar-refractivity contribution in [2.75, 3.05) is 6.54 Å². The predicted molar refractivity (Wildman–Crippen MR) is 93.9 cm³/mol. The third-order valence-electron chi connectivity index (χ3n) is 4.68. The van der Waals surface area contributed by atoms with E-state index in [0.29, 0.717) is 29.9 Å². The molecule has 0 saturated carbocycles. The fraction of sp³-hybridized carbons (Fsp3) is 0.150. The van der Waals surface area contributed by atoms with Crippen molar-refractivity contribution in [1.29, 1.82) is 10.5 Å². The van der Waals surface area contributed by atoms with Gasteiger partial charge in [-0.2, -0.15) is 10.5 Å². The summed E-state index contributed by atoms with van der Waals surface area (Å²) in [5.41, 5.74) is 5.30. The van der Waals surface area contributed by atoms with Crippen molar-refractivity contribution in [1.82, 2.24) is 9.88 Å². The van der Waals surface area contributed by atoms with E-state index < -0.39 is 0 Å². The van der Waals surface area contributed by atoms with Crippen LogP contribution in [0.1, 0.15) is 27.2 Å². The molecule has 0 atom stereocenters. The number of fused-ring (bicyclic) bond motifs is 3. The summed E-state index contributed by atoms with van der Waals surface area (Å²) in [7, 11) is 0. The lowest BCUT2D eigenvalue weighted by molar-refractivity contribution is 0.0928. The first-order chi connectivity index (χ1) is 12.1. The van der Waals surface area contributed by atoms with Crippen molar-refractivity contribution >= 4 is 16.8 Å². The number of hydrogen-bond acceptors (Lipinski definition) is 3. The summed E-state index contributed by atoms with van der Waals surface area (Å²) in [5.74, 6) is -0.0878. The zero-order chi connectivity index (χ0) is 17.6. The Morgan fingerprint density at radius 3 is 2.68 bits per heavy atom. The highest BCUT2D eigenvalue weighted by molar-refractivity contribution is 6.06. The van der Waals surface area contributed by atoms with Crippen LogP contribution in [-0.2, 0) is 6.54 Å². The van der Waals surface area contributed by atoms with Crippen LogP contribution < -0.4 is 5.32 Å². The minimum absolute atomic E-state index is 0.0878. The highest BCUT2D eigenvalue weighted by atomic mass is 16.2. The zero-order valence-electron chi connectivity index (χ0n) is 13.6. The average Bonchev–Trinajstić information content (AvgIpc) is 2.94. The van der Waals surface area contributed by atoms with Gasteiger partial charge in [0.15, 0.2) is 0 Å². The van der Waals surface area contributed by atoms with Gasteiger partial charge in [-0.05, 0) is 42.3 Å². The summed E-state index contributed by atoms with van der Waals surface area (Å²) < 4.78 is 2.03. The van der Waals surface area contributed by atoms with E-state index in [2.05, 4.69) is 17.5 Å². The molecule has 2 heterocycles. The molecule has 0 spiro atoms. The number of carbonyl (C=O) groups excluding carboxylic acids is 1. The molecular formula is C20H14N4O. The van der Waals surface area contributed by atoms with Gasteiger partial charge in [-0.1, -0.05) is 12.1 Å². The summed E-state index contributed by atoms with van der Waals surface area (Å²) in [6.07, 6.45) is 0. The summed E-state index contributed by atoms with van der Waals surface area (Å²) in [5, 5.41) is 22.4. The second-order valence-electron chi connectivity index (χ2n) is 6.11. The van der Waals surface area contributed by atoms with Gasteiger partial charge in [0.2, 0.25) is 0 Å². The molecule has 1 aliphatic rings. The highest BCUT2D eigenvalue weighted by Crippen LogP contribution is 2.36. The van der Waals surface area contributed by atoms with E-state index in [-0.39, 0.29) is 5.91 Å². The van der Waals surface area contributed by atoms with Gasteiger partial charge in [-0.25, -0.2) is 0 Å². The quantitative estimate of drug-likeness (QED) is 0.746. The third kappa shape index (κ3) is 2.18. The molecule has 0 saturated heterocycles. The molecule has 120 valence electrons. The minimum Gasteiger partial charge on any atom is -0.349 e. The molecule has 4 rings (SSSR count). The first-order valence-electron chi connectivity index (χ1n) is 7.99. The number of nitriles is 2. The number of nitrogens with one attached hydrogen (secondary N) is 1. The lowest BCUT2D eigenvalue weighted by atomic mass is 9.97. The number of aromatic nitrogens is 1. The predicted octanol–water partition coefficient (Wildman–Crippen LogP) is 3.10. The van der Waals surface area contributed by atoms with Gasteiger partial charge >= 0.3 is 0 Å². The zero-order valence-corrected chi connectivity index (χ0v) is 13.6. The maximum absolute atomic E-state index is 12.3. The molecule has 0 fully saturated rings. The summed E-state index contributed by atoms with van der Waals surface area (Å²) in [6, 6.07) is 15.3. The molecule has 1 amide bonds. The number of carbonyl (C=O) groups is 1. The van der Waals surface area contributed by atoms with Crippen molar-refractivity contribution in [3.05, 3.63) is 58.8 Å². The molecule has 1 aliphatic heterocycles. The normalized spacial score (nSPS) is 13.0. The van der Waals surface area contributed by atoms with Crippen LogP contribution in [0.15, 0.2) is 36.4 Å². The molecule has 1 aromatic heterocycles. The number of nitrogens with zero attached hydrogens (tertiary/aromatic N) is 3. The number of aryl methyl sites for hydroxylation is 1. The number of benzene rings is 2. The lowest BCUT2D eigenvalue weighted by Crippen LogP contribution is -2.35. The Morgan fingerprint density at radius 1 is 1.12 bits per heavy atom. The van der Waals surface area contributed by atoms with Gasteiger partial charge in [0.25, 0.3) is 5.91 Å². The molecular weight excluding hydrogens is 312 g/mol. The molecule has 5 nitrogen and oxygen atoms in total. The van der Waals surface area contributed by atoms with Gasteiger partial charge < -0.3 is 9.88 Å². The van der Waals surface area contributed by atoms with Crippen LogP contribution in [0.5, 0.6) is 0 Å². The van der Waals surface area contributed by atoms with E-state index >= 15 is 0 Å². The van der Waals surface area contributed by atoms with Crippen LogP contribution in [0.2, 0.25) is 0 Å². The molecule has 5 heteroatoms. The van der Waals surface area contributed by atoms with E-state index in [0.717, 1.165) is 27.6 Å². The Labute approximate surface area is 144 Å². The largest absolute Gasteiger partial charge is 0.349 e. The monoisotopic (exact) mass is 326 g/mol. The average molecular weight is 326 g/mol. The summed E-state index contributed by atoms with van der Waals surface area (Å²) >= 11 is 0. The fourth-order valence-electron chi connectivity index (χ4n) is 3.58. The van der Waals surface area contributed by atoms with E-state index in [9.17, 15) is 15.3 Å². The molecule has 2 aromatic carbocycles. The van der Waals surface area contributed by atoms with Crippen LogP contribution in [-0.4, -0.2) is 17.0 Å².